The molecule has 14 atom stereocenters. The van der Waals surface area contributed by atoms with Crippen molar-refractivity contribution in [2.75, 3.05) is 0 Å². The lowest BCUT2D eigenvalue weighted by Crippen LogP contribution is -2.75. The molecule has 53 heavy (non-hydrogen) atoms. The van der Waals surface area contributed by atoms with Gasteiger partial charge in [0.05, 0.1) is 25.0 Å². The molecule has 7 saturated heterocycles. The number of halogens is 6. The van der Waals surface area contributed by atoms with E-state index in [0.29, 0.717) is 51.4 Å². The van der Waals surface area contributed by atoms with Crippen molar-refractivity contribution in [3.63, 3.8) is 0 Å². The molecule has 2 saturated carbocycles. The summed E-state index contributed by atoms with van der Waals surface area (Å²) in [5.74, 6) is -10.2. The minimum absolute atomic E-state index is 0.00501. The normalized spacial score (nSPS) is 49.2. The van der Waals surface area contributed by atoms with Crippen molar-refractivity contribution in [3.8, 4) is 0 Å². The van der Waals surface area contributed by atoms with E-state index in [0.717, 1.165) is 4.68 Å². The van der Waals surface area contributed by atoms with E-state index < -0.39 is 90.2 Å². The van der Waals surface area contributed by atoms with E-state index in [1.165, 1.54) is 13.1 Å². The van der Waals surface area contributed by atoms with Crippen molar-refractivity contribution in [3.05, 3.63) is 23.2 Å². The van der Waals surface area contributed by atoms with E-state index in [1.54, 1.807) is 13.8 Å². The number of allylic oxidation sites excluding steroid dienone is 1. The molecular weight excluding hydrogens is 720 g/mol. The summed E-state index contributed by atoms with van der Waals surface area (Å²) in [6.45, 7) is 7.47. The minimum atomic E-state index is -5.06. The van der Waals surface area contributed by atoms with Crippen molar-refractivity contribution < 1.29 is 69.6 Å². The van der Waals surface area contributed by atoms with Crippen LogP contribution < -0.4 is 0 Å². The fourth-order valence-electron chi connectivity index (χ4n) is 11.3. The number of fused-ring (bicyclic) bond motifs is 4. The van der Waals surface area contributed by atoms with Gasteiger partial charge in [-0.3, -0.25) is 0 Å². The van der Waals surface area contributed by atoms with Crippen molar-refractivity contribution in [1.82, 2.24) is 15.0 Å². The van der Waals surface area contributed by atoms with E-state index in [1.807, 2.05) is 6.92 Å². The summed E-state index contributed by atoms with van der Waals surface area (Å²) in [4.78, 5) is 23.6. The molecule has 1 aromatic rings. The maximum Gasteiger partial charge on any atom is 0.449 e. The van der Waals surface area contributed by atoms with Crippen LogP contribution in [0.1, 0.15) is 91.7 Å². The van der Waals surface area contributed by atoms with E-state index in [9.17, 15) is 13.2 Å². The molecule has 9 fully saturated rings. The second-order valence-corrected chi connectivity index (χ2v) is 17.0. The third kappa shape index (κ3) is 5.11. The molecule has 10 aliphatic rings. The Morgan fingerprint density at radius 2 is 1.40 bits per heavy atom. The van der Waals surface area contributed by atoms with Crippen LogP contribution in [0.3, 0.4) is 0 Å². The van der Waals surface area contributed by atoms with E-state index in [-0.39, 0.29) is 34.9 Å². The first kappa shape index (κ1) is 36.6. The summed E-state index contributed by atoms with van der Waals surface area (Å²) >= 11 is 0. The highest BCUT2D eigenvalue weighted by atomic mass is 19.4. The van der Waals surface area contributed by atoms with Crippen molar-refractivity contribution >= 4 is 0 Å². The Labute approximate surface area is 301 Å². The lowest BCUT2D eigenvalue weighted by Gasteiger charge is -2.62. The van der Waals surface area contributed by atoms with Gasteiger partial charge in [-0.05, 0) is 70.1 Å². The largest absolute Gasteiger partial charge is 0.456 e. The van der Waals surface area contributed by atoms with Crippen LogP contribution in [0.25, 0.3) is 0 Å². The number of alkyl halides is 6. The number of hydrogen-bond donors (Lipinski definition) is 0. The van der Waals surface area contributed by atoms with Gasteiger partial charge in [-0.15, -0.1) is 5.10 Å². The molecule has 18 heteroatoms. The molecule has 4 bridgehead atoms. The zero-order valence-electron chi connectivity index (χ0n) is 30.1. The Hall–Kier alpha value is -2.06. The molecule has 2 aliphatic carbocycles. The van der Waals surface area contributed by atoms with Gasteiger partial charge in [-0.25, -0.2) is 24.2 Å². The first-order valence-corrected chi connectivity index (χ1v) is 18.7. The predicted molar refractivity (Wildman–Crippen MR) is 164 cm³/mol. The molecular formula is C35H45F6N3O9. The molecule has 11 rings (SSSR count). The quantitative estimate of drug-likeness (QED) is 0.228. The maximum atomic E-state index is 15.5. The number of hydrogen-bond acceptors (Lipinski definition) is 11. The average molecular weight is 766 g/mol. The van der Waals surface area contributed by atoms with Gasteiger partial charge in [-0.1, -0.05) is 26.0 Å². The first-order chi connectivity index (χ1) is 24.9. The zero-order chi connectivity index (χ0) is 37.6. The van der Waals surface area contributed by atoms with Gasteiger partial charge in [-0.2, -0.15) is 26.3 Å². The Morgan fingerprint density at radius 3 is 2.06 bits per heavy atom. The third-order valence-corrected chi connectivity index (χ3v) is 14.0. The van der Waals surface area contributed by atoms with Gasteiger partial charge in [0.1, 0.15) is 0 Å². The fourth-order valence-corrected chi connectivity index (χ4v) is 11.3. The molecule has 0 radical (unpaired) electrons. The summed E-state index contributed by atoms with van der Waals surface area (Å²) in [5.41, 5.74) is -2.85. The van der Waals surface area contributed by atoms with Crippen LogP contribution in [0, 0.1) is 41.4 Å². The fraction of sp³-hybridized carbons (Fsp3) is 0.886. The topological polar surface area (TPSA) is 114 Å². The molecule has 0 aromatic carbocycles. The number of ether oxygens (including phenoxy) is 5. The summed E-state index contributed by atoms with van der Waals surface area (Å²) in [6, 6.07) is 0. The van der Waals surface area contributed by atoms with Gasteiger partial charge in [0.15, 0.2) is 17.5 Å². The van der Waals surface area contributed by atoms with Gasteiger partial charge < -0.3 is 23.7 Å². The maximum absolute atomic E-state index is 15.5. The highest BCUT2D eigenvalue weighted by molar-refractivity contribution is 5.28. The molecule has 0 amide bonds. The molecule has 4 unspecified atom stereocenters. The van der Waals surface area contributed by atoms with Crippen LogP contribution in [0.2, 0.25) is 0 Å². The Kier molecular flexibility index (Phi) is 8.10. The second-order valence-electron chi connectivity index (χ2n) is 17.0. The lowest BCUT2D eigenvalue weighted by molar-refractivity contribution is -0.599. The van der Waals surface area contributed by atoms with Crippen LogP contribution >= 0.6 is 0 Å². The van der Waals surface area contributed by atoms with Crippen molar-refractivity contribution in [2.45, 2.75) is 153 Å². The Morgan fingerprint density at radius 1 is 0.774 bits per heavy atom. The molecule has 296 valence electrons. The standard InChI is InChI=1S/C35H45F6N3O9/c1-17-6-8-24-19(3)33(35(39,40)41,49-28-31(24)22(17)10-13-30(5,48-28)51-52-31)45-16-20-14-42-43-44(20)15-21-25-9-7-18(2)23-11-12-29(4)47-27(32(23,25)53-50-29)46-26(21)34(36,37)38/h14,17-19,22-25,27-28H,6-13,15-16H2,1-5H3/t17-,18-,19-,22?,23?,24+,25+,27-,28+,29?,30-,31?,32-,33-/m1/s1. The third-order valence-electron chi connectivity index (χ3n) is 14.0. The van der Waals surface area contributed by atoms with Crippen LogP contribution in [0.4, 0.5) is 26.3 Å². The molecule has 12 nitrogen and oxygen atoms in total. The SMILES string of the molecule is C[C@@H]1CC[C@H]2[C@@H](C)[C@](OCc3cnnn3CC3=C(C(F)(F)F)O[C@@H]4OC5(C)CCC6[C@H](C)CC[C@@H]3[C@]64OO5)(C(F)(F)F)O[C@@H]3O[C@@]4(C)CCC1C32OO4. The van der Waals surface area contributed by atoms with E-state index >= 15 is 13.2 Å². The Balaban J connectivity index is 1.05. The number of aromatic nitrogens is 3. The van der Waals surface area contributed by atoms with Crippen molar-refractivity contribution in [2.24, 2.45) is 41.4 Å². The highest BCUT2D eigenvalue weighted by Crippen LogP contribution is 2.65. The molecule has 8 aliphatic heterocycles. The zero-order valence-corrected chi connectivity index (χ0v) is 30.1. The number of nitrogens with zero attached hydrogens (tertiary/aromatic N) is 3. The summed E-state index contributed by atoms with van der Waals surface area (Å²) < 4.78 is 122. The Bertz CT molecular complexity index is 1660. The second kappa shape index (κ2) is 11.7. The van der Waals surface area contributed by atoms with E-state index in [4.69, 9.17) is 43.2 Å². The summed E-state index contributed by atoms with van der Waals surface area (Å²) in [6.07, 6.45) is -7.72. The molecule has 2 spiro atoms. The van der Waals surface area contributed by atoms with Crippen LogP contribution in [-0.2, 0) is 56.4 Å². The summed E-state index contributed by atoms with van der Waals surface area (Å²) in [7, 11) is 0. The summed E-state index contributed by atoms with van der Waals surface area (Å²) in [5, 5.41) is 7.91. The van der Waals surface area contributed by atoms with Gasteiger partial charge in [0, 0.05) is 42.1 Å². The van der Waals surface area contributed by atoms with Crippen LogP contribution in [0.5, 0.6) is 0 Å². The predicted octanol–water partition coefficient (Wildman–Crippen LogP) is 7.00. The lowest BCUT2D eigenvalue weighted by atomic mass is 9.57. The smallest absolute Gasteiger partial charge is 0.449 e. The van der Waals surface area contributed by atoms with Gasteiger partial charge in [0.25, 0.3) is 5.79 Å². The molecule has 0 N–H and O–H groups in total. The van der Waals surface area contributed by atoms with Gasteiger partial charge >= 0.3 is 12.4 Å². The average Bonchev–Trinajstić information content (AvgIpc) is 3.22. The van der Waals surface area contributed by atoms with Gasteiger partial charge in [0.2, 0.25) is 23.6 Å². The van der Waals surface area contributed by atoms with Crippen molar-refractivity contribution in [1.29, 1.82) is 0 Å². The van der Waals surface area contributed by atoms with E-state index in [2.05, 4.69) is 17.2 Å². The van der Waals surface area contributed by atoms with Crippen LogP contribution in [-0.4, -0.2) is 68.5 Å². The molecule has 9 heterocycles. The first-order valence-electron chi connectivity index (χ1n) is 18.7. The number of rotatable bonds is 5. The van der Waals surface area contributed by atoms with Crippen LogP contribution in [0.15, 0.2) is 17.5 Å². The monoisotopic (exact) mass is 765 g/mol. The molecule has 1 aromatic heterocycles. The highest BCUT2D eigenvalue weighted by Gasteiger charge is 2.77. The minimum Gasteiger partial charge on any atom is -0.456 e.